The van der Waals surface area contributed by atoms with Crippen molar-refractivity contribution in [3.63, 3.8) is 0 Å². The van der Waals surface area contributed by atoms with Crippen LogP contribution in [0.4, 0.5) is 5.00 Å². The van der Waals surface area contributed by atoms with Crippen LogP contribution >= 0.6 is 11.3 Å². The third-order valence-electron chi connectivity index (χ3n) is 4.39. The summed E-state index contributed by atoms with van der Waals surface area (Å²) in [6, 6.07) is 4.05. The van der Waals surface area contributed by atoms with Crippen molar-refractivity contribution in [2.75, 3.05) is 32.6 Å². The summed E-state index contributed by atoms with van der Waals surface area (Å²) in [5.74, 6) is 1.48. The molecule has 0 radical (unpaired) electrons. The minimum absolute atomic E-state index is 0.00266. The van der Waals surface area contributed by atoms with Gasteiger partial charge in [-0.2, -0.15) is 0 Å². The van der Waals surface area contributed by atoms with E-state index in [9.17, 15) is 4.79 Å². The van der Waals surface area contributed by atoms with Gasteiger partial charge in [0.1, 0.15) is 5.00 Å². The van der Waals surface area contributed by atoms with Gasteiger partial charge in [-0.3, -0.25) is 9.69 Å². The van der Waals surface area contributed by atoms with Gasteiger partial charge in [0.15, 0.2) is 11.5 Å². The summed E-state index contributed by atoms with van der Waals surface area (Å²) in [5, 5.41) is 3.84. The van der Waals surface area contributed by atoms with Gasteiger partial charge in [0.2, 0.25) is 5.91 Å². The van der Waals surface area contributed by atoms with E-state index in [1.807, 2.05) is 19.1 Å². The van der Waals surface area contributed by atoms with Crippen molar-refractivity contribution in [2.24, 2.45) is 0 Å². The fraction of sp³-hybridized carbons (Fsp3) is 0.444. The SMILES string of the molecule is CCc1ncsc1NC(=O)CN1CCc2cc(OC)c(OC)cc2C1. The second kappa shape index (κ2) is 7.84. The molecule has 1 amide bonds. The zero-order valence-electron chi connectivity index (χ0n) is 14.8. The van der Waals surface area contributed by atoms with Crippen LogP contribution in [0, 0.1) is 0 Å². The number of carbonyl (C=O) groups is 1. The van der Waals surface area contributed by atoms with E-state index in [1.54, 1.807) is 19.7 Å². The van der Waals surface area contributed by atoms with Crippen molar-refractivity contribution in [3.05, 3.63) is 34.5 Å². The molecule has 0 atom stereocenters. The summed E-state index contributed by atoms with van der Waals surface area (Å²) in [4.78, 5) is 18.8. The van der Waals surface area contributed by atoms with Gasteiger partial charge in [0.05, 0.1) is 32.0 Å². The Morgan fingerprint density at radius 1 is 1.28 bits per heavy atom. The number of benzene rings is 1. The molecule has 1 aromatic carbocycles. The number of nitrogens with one attached hydrogen (secondary N) is 1. The number of methoxy groups -OCH3 is 2. The van der Waals surface area contributed by atoms with Gasteiger partial charge in [-0.25, -0.2) is 4.98 Å². The standard InChI is InChI=1S/C18H23N3O3S/c1-4-14-18(25-11-19-14)20-17(22)10-21-6-5-12-7-15(23-2)16(24-3)8-13(12)9-21/h7-8,11H,4-6,9-10H2,1-3H3,(H,20,22). The molecular formula is C18H23N3O3S. The van der Waals surface area contributed by atoms with Crippen LogP contribution in [0.25, 0.3) is 0 Å². The third-order valence-corrected chi connectivity index (χ3v) is 5.18. The summed E-state index contributed by atoms with van der Waals surface area (Å²) in [7, 11) is 3.28. The Kier molecular flexibility index (Phi) is 5.55. The Hall–Kier alpha value is -2.12. The minimum Gasteiger partial charge on any atom is -0.493 e. The van der Waals surface area contributed by atoms with Gasteiger partial charge in [-0.05, 0) is 36.1 Å². The van der Waals surface area contributed by atoms with Crippen LogP contribution in [0.5, 0.6) is 11.5 Å². The number of ether oxygens (including phenoxy) is 2. The van der Waals surface area contributed by atoms with Gasteiger partial charge < -0.3 is 14.8 Å². The zero-order valence-corrected chi connectivity index (χ0v) is 15.6. The molecule has 0 fully saturated rings. The highest BCUT2D eigenvalue weighted by molar-refractivity contribution is 7.14. The molecule has 6 nitrogen and oxygen atoms in total. The molecule has 2 heterocycles. The Morgan fingerprint density at radius 2 is 2.00 bits per heavy atom. The van der Waals surface area contributed by atoms with Crippen LogP contribution in [-0.4, -0.2) is 43.1 Å². The maximum absolute atomic E-state index is 12.4. The number of thiazole rings is 1. The lowest BCUT2D eigenvalue weighted by atomic mass is 9.99. The molecule has 1 N–H and O–H groups in total. The van der Waals surface area contributed by atoms with Gasteiger partial charge in [-0.15, -0.1) is 11.3 Å². The molecule has 134 valence electrons. The maximum Gasteiger partial charge on any atom is 0.239 e. The minimum atomic E-state index is 0.00266. The second-order valence-corrected chi connectivity index (χ2v) is 6.82. The lowest BCUT2D eigenvalue weighted by molar-refractivity contribution is -0.117. The van der Waals surface area contributed by atoms with Crippen molar-refractivity contribution in [3.8, 4) is 11.5 Å². The number of nitrogens with zero attached hydrogens (tertiary/aromatic N) is 2. The van der Waals surface area contributed by atoms with Crippen molar-refractivity contribution >= 4 is 22.2 Å². The lowest BCUT2D eigenvalue weighted by Crippen LogP contribution is -2.37. The van der Waals surface area contributed by atoms with Crippen molar-refractivity contribution in [1.82, 2.24) is 9.88 Å². The number of anilines is 1. The number of hydrogen-bond acceptors (Lipinski definition) is 6. The van der Waals surface area contributed by atoms with Crippen LogP contribution in [0.1, 0.15) is 23.7 Å². The van der Waals surface area contributed by atoms with E-state index in [2.05, 4.69) is 15.2 Å². The molecule has 7 heteroatoms. The van der Waals surface area contributed by atoms with Crippen molar-refractivity contribution in [2.45, 2.75) is 26.3 Å². The molecule has 0 spiro atoms. The monoisotopic (exact) mass is 361 g/mol. The number of amides is 1. The summed E-state index contributed by atoms with van der Waals surface area (Å²) in [6.45, 7) is 3.98. The summed E-state index contributed by atoms with van der Waals surface area (Å²) >= 11 is 1.47. The highest BCUT2D eigenvalue weighted by Crippen LogP contribution is 2.33. The number of carbonyl (C=O) groups excluding carboxylic acids is 1. The van der Waals surface area contributed by atoms with Gasteiger partial charge in [0, 0.05) is 13.1 Å². The molecule has 0 saturated heterocycles. The van der Waals surface area contributed by atoms with Crippen molar-refractivity contribution < 1.29 is 14.3 Å². The highest BCUT2D eigenvalue weighted by Gasteiger charge is 2.21. The first-order chi connectivity index (χ1) is 12.1. The number of aromatic nitrogens is 1. The van der Waals surface area contributed by atoms with Crippen LogP contribution in [0.3, 0.4) is 0 Å². The molecule has 1 aromatic heterocycles. The first kappa shape index (κ1) is 17.7. The van der Waals surface area contributed by atoms with E-state index in [0.717, 1.165) is 48.1 Å². The first-order valence-electron chi connectivity index (χ1n) is 8.33. The van der Waals surface area contributed by atoms with Gasteiger partial charge >= 0.3 is 0 Å². The predicted octanol–water partition coefficient (Wildman–Crippen LogP) is 2.72. The smallest absolute Gasteiger partial charge is 0.239 e. The Morgan fingerprint density at radius 3 is 2.68 bits per heavy atom. The van der Waals surface area contributed by atoms with Crippen LogP contribution in [-0.2, 0) is 24.2 Å². The molecule has 3 rings (SSSR count). The molecule has 1 aliphatic rings. The second-order valence-electron chi connectivity index (χ2n) is 5.97. The number of aryl methyl sites for hydroxylation is 1. The fourth-order valence-electron chi connectivity index (χ4n) is 3.07. The summed E-state index contributed by atoms with van der Waals surface area (Å²) < 4.78 is 10.8. The van der Waals surface area contributed by atoms with Crippen molar-refractivity contribution in [1.29, 1.82) is 0 Å². The third kappa shape index (κ3) is 3.93. The van der Waals surface area contributed by atoms with E-state index in [4.69, 9.17) is 9.47 Å². The maximum atomic E-state index is 12.4. The Bertz CT molecular complexity index is 760. The zero-order chi connectivity index (χ0) is 17.8. The van der Waals surface area contributed by atoms with Crippen LogP contribution in [0.15, 0.2) is 17.6 Å². The van der Waals surface area contributed by atoms with E-state index in [1.165, 1.54) is 22.5 Å². The van der Waals surface area contributed by atoms with Gasteiger partial charge in [0.25, 0.3) is 0 Å². The van der Waals surface area contributed by atoms with E-state index >= 15 is 0 Å². The lowest BCUT2D eigenvalue weighted by Gasteiger charge is -2.29. The highest BCUT2D eigenvalue weighted by atomic mass is 32.1. The number of fused-ring (bicyclic) bond motifs is 1. The molecule has 0 bridgehead atoms. The van der Waals surface area contributed by atoms with Crippen LogP contribution < -0.4 is 14.8 Å². The molecule has 0 saturated carbocycles. The molecule has 2 aromatic rings. The number of hydrogen-bond donors (Lipinski definition) is 1. The largest absolute Gasteiger partial charge is 0.493 e. The van der Waals surface area contributed by atoms with Gasteiger partial charge in [-0.1, -0.05) is 6.92 Å². The molecule has 25 heavy (non-hydrogen) atoms. The predicted molar refractivity (Wildman–Crippen MR) is 98.6 cm³/mol. The molecule has 1 aliphatic heterocycles. The average Bonchev–Trinajstić information content (AvgIpc) is 3.07. The molecular weight excluding hydrogens is 338 g/mol. The number of rotatable bonds is 6. The average molecular weight is 361 g/mol. The fourth-order valence-corrected chi connectivity index (χ4v) is 3.86. The van der Waals surface area contributed by atoms with E-state index in [0.29, 0.717) is 6.54 Å². The van der Waals surface area contributed by atoms with E-state index < -0.39 is 0 Å². The quantitative estimate of drug-likeness (QED) is 0.857. The first-order valence-corrected chi connectivity index (χ1v) is 9.20. The Balaban J connectivity index is 1.65. The normalized spacial score (nSPS) is 14.0. The van der Waals surface area contributed by atoms with E-state index in [-0.39, 0.29) is 5.91 Å². The summed E-state index contributed by atoms with van der Waals surface area (Å²) in [5.41, 5.74) is 5.15. The van der Waals surface area contributed by atoms with Crippen LogP contribution in [0.2, 0.25) is 0 Å². The summed E-state index contributed by atoms with van der Waals surface area (Å²) in [6.07, 6.45) is 1.71. The topological polar surface area (TPSA) is 63.7 Å². The Labute approximate surface area is 151 Å². The molecule has 0 aliphatic carbocycles. The molecule has 0 unspecified atom stereocenters.